The number of rotatable bonds is 8. The first-order valence-corrected chi connectivity index (χ1v) is 9.22. The lowest BCUT2D eigenvalue weighted by molar-refractivity contribution is 0.199. The fourth-order valence-corrected chi connectivity index (χ4v) is 2.99. The van der Waals surface area contributed by atoms with Crippen molar-refractivity contribution in [2.75, 3.05) is 18.5 Å². The van der Waals surface area contributed by atoms with Gasteiger partial charge < -0.3 is 19.9 Å². The Balaban J connectivity index is 1.73. The largest absolute Gasteiger partial charge is 0.396 e. The molecule has 3 rings (SSSR count). The highest BCUT2D eigenvalue weighted by Gasteiger charge is 2.15. The molecule has 2 N–H and O–H groups in total. The summed E-state index contributed by atoms with van der Waals surface area (Å²) in [6, 6.07) is 9.32. The number of nitrogens with one attached hydrogen (secondary N) is 1. The van der Waals surface area contributed by atoms with Crippen LogP contribution in [0.2, 0.25) is 0 Å². The molecule has 0 atom stereocenters. The lowest BCUT2D eigenvalue weighted by atomic mass is 10.2. The number of urea groups is 1. The molecule has 0 saturated heterocycles. The van der Waals surface area contributed by atoms with E-state index in [0.717, 1.165) is 29.6 Å². The normalized spacial score (nSPS) is 10.9. The number of aromatic nitrogens is 3. The molecule has 7 heteroatoms. The van der Waals surface area contributed by atoms with E-state index in [2.05, 4.69) is 26.8 Å². The minimum absolute atomic E-state index is 0.0393. The van der Waals surface area contributed by atoms with Crippen molar-refractivity contribution < 1.29 is 9.90 Å². The maximum Gasteiger partial charge on any atom is 0.322 e. The van der Waals surface area contributed by atoms with Gasteiger partial charge in [0.25, 0.3) is 0 Å². The van der Waals surface area contributed by atoms with Crippen molar-refractivity contribution in [3.05, 3.63) is 54.6 Å². The van der Waals surface area contributed by atoms with Gasteiger partial charge in [-0.2, -0.15) is 0 Å². The average molecular weight is 367 g/mol. The molecule has 7 nitrogen and oxygen atoms in total. The molecule has 142 valence electrons. The smallest absolute Gasteiger partial charge is 0.322 e. The number of benzene rings is 1. The highest BCUT2D eigenvalue weighted by molar-refractivity contribution is 5.92. The van der Waals surface area contributed by atoms with Crippen LogP contribution in [0.25, 0.3) is 11.0 Å². The number of anilines is 1. The number of carbonyl (C=O) groups is 1. The molecule has 0 spiro atoms. The van der Waals surface area contributed by atoms with Gasteiger partial charge in [0.1, 0.15) is 0 Å². The number of aliphatic hydroxyl groups is 1. The Morgan fingerprint density at radius 1 is 1.33 bits per heavy atom. The van der Waals surface area contributed by atoms with E-state index in [1.807, 2.05) is 36.7 Å². The first kappa shape index (κ1) is 18.8. The summed E-state index contributed by atoms with van der Waals surface area (Å²) in [7, 11) is 0. The van der Waals surface area contributed by atoms with E-state index < -0.39 is 0 Å². The summed E-state index contributed by atoms with van der Waals surface area (Å²) in [5.41, 5.74) is 3.56. The first-order chi connectivity index (χ1) is 13.2. The third-order valence-corrected chi connectivity index (χ3v) is 4.31. The first-order valence-electron chi connectivity index (χ1n) is 9.22. The highest BCUT2D eigenvalue weighted by Crippen LogP contribution is 2.19. The van der Waals surface area contributed by atoms with E-state index in [9.17, 15) is 4.79 Å². The molecule has 2 amide bonds. The predicted molar refractivity (Wildman–Crippen MR) is 105 cm³/mol. The Morgan fingerprint density at radius 2 is 2.22 bits per heavy atom. The van der Waals surface area contributed by atoms with Gasteiger partial charge in [-0.05, 0) is 42.7 Å². The van der Waals surface area contributed by atoms with Gasteiger partial charge >= 0.3 is 6.03 Å². The number of aliphatic hydroxyl groups excluding tert-OH is 1. The van der Waals surface area contributed by atoms with Gasteiger partial charge in [0.15, 0.2) is 0 Å². The second kappa shape index (κ2) is 9.14. The van der Waals surface area contributed by atoms with Crippen molar-refractivity contribution in [1.82, 2.24) is 19.4 Å². The predicted octanol–water partition coefficient (Wildman–Crippen LogP) is 3.26. The molecular weight excluding hydrogens is 342 g/mol. The summed E-state index contributed by atoms with van der Waals surface area (Å²) in [4.78, 5) is 22.9. The third kappa shape index (κ3) is 4.83. The number of hydrogen-bond acceptors (Lipinski definition) is 4. The lowest BCUT2D eigenvalue weighted by Gasteiger charge is -2.23. The number of imidazole rings is 1. The van der Waals surface area contributed by atoms with Crippen molar-refractivity contribution in [3.63, 3.8) is 0 Å². The number of aryl methyl sites for hydroxylation is 1. The Kier molecular flexibility index (Phi) is 6.38. The molecule has 2 aromatic heterocycles. The van der Waals surface area contributed by atoms with E-state index in [1.165, 1.54) is 0 Å². The van der Waals surface area contributed by atoms with E-state index in [-0.39, 0.29) is 12.6 Å². The third-order valence-electron chi connectivity index (χ3n) is 4.31. The number of fused-ring (bicyclic) bond motifs is 1. The maximum absolute atomic E-state index is 12.8. The number of pyridine rings is 1. The zero-order chi connectivity index (χ0) is 19.1. The zero-order valence-electron chi connectivity index (χ0n) is 15.5. The molecule has 0 radical (unpaired) electrons. The molecule has 2 heterocycles. The lowest BCUT2D eigenvalue weighted by Crippen LogP contribution is -2.35. The van der Waals surface area contributed by atoms with Crippen LogP contribution in [0.15, 0.2) is 49.1 Å². The number of nitrogens with zero attached hydrogens (tertiary/aromatic N) is 4. The van der Waals surface area contributed by atoms with E-state index in [1.54, 1.807) is 17.3 Å². The Labute approximate surface area is 158 Å². The van der Waals surface area contributed by atoms with Crippen molar-refractivity contribution in [3.8, 4) is 0 Å². The molecule has 1 aromatic carbocycles. The van der Waals surface area contributed by atoms with Crippen LogP contribution in [0.4, 0.5) is 10.5 Å². The molecule has 0 aliphatic heterocycles. The van der Waals surface area contributed by atoms with Gasteiger partial charge in [-0.3, -0.25) is 4.98 Å². The van der Waals surface area contributed by atoms with Gasteiger partial charge in [-0.1, -0.05) is 13.0 Å². The van der Waals surface area contributed by atoms with Crippen molar-refractivity contribution in [2.24, 2.45) is 0 Å². The van der Waals surface area contributed by atoms with Crippen molar-refractivity contribution >= 4 is 22.8 Å². The quantitative estimate of drug-likeness (QED) is 0.640. The van der Waals surface area contributed by atoms with Crippen LogP contribution in [0.5, 0.6) is 0 Å². The van der Waals surface area contributed by atoms with Gasteiger partial charge in [0.05, 0.1) is 17.4 Å². The summed E-state index contributed by atoms with van der Waals surface area (Å²) >= 11 is 0. The second-order valence-electron chi connectivity index (χ2n) is 6.43. The van der Waals surface area contributed by atoms with Crippen LogP contribution in [-0.4, -0.2) is 43.7 Å². The van der Waals surface area contributed by atoms with E-state index in [0.29, 0.717) is 25.2 Å². The maximum atomic E-state index is 12.8. The molecule has 0 unspecified atom stereocenters. The second-order valence-corrected chi connectivity index (χ2v) is 6.43. The van der Waals surface area contributed by atoms with Crippen LogP contribution < -0.4 is 5.32 Å². The highest BCUT2D eigenvalue weighted by atomic mass is 16.3. The van der Waals surface area contributed by atoms with Crippen LogP contribution in [0.3, 0.4) is 0 Å². The van der Waals surface area contributed by atoms with Crippen molar-refractivity contribution in [2.45, 2.75) is 32.9 Å². The fourth-order valence-electron chi connectivity index (χ4n) is 2.99. The van der Waals surface area contributed by atoms with Crippen LogP contribution in [-0.2, 0) is 13.1 Å². The molecular formula is C20H25N5O2. The van der Waals surface area contributed by atoms with Gasteiger partial charge in [-0.15, -0.1) is 0 Å². The van der Waals surface area contributed by atoms with E-state index >= 15 is 0 Å². The van der Waals surface area contributed by atoms with Crippen molar-refractivity contribution in [1.29, 1.82) is 0 Å². The van der Waals surface area contributed by atoms with Crippen LogP contribution >= 0.6 is 0 Å². The molecule has 3 aromatic rings. The fraction of sp³-hybridized carbons (Fsp3) is 0.350. The van der Waals surface area contributed by atoms with E-state index in [4.69, 9.17) is 5.11 Å². The SMILES string of the molecule is CCCn1cnc2cc(NC(=O)N(CCCO)Cc3cccnc3)ccc21. The summed E-state index contributed by atoms with van der Waals surface area (Å²) in [6.07, 6.45) is 6.84. The average Bonchev–Trinajstić information content (AvgIpc) is 3.08. The number of carbonyl (C=O) groups excluding carboxylic acids is 1. The molecule has 0 aliphatic carbocycles. The zero-order valence-corrected chi connectivity index (χ0v) is 15.5. The minimum atomic E-state index is -0.209. The Bertz CT molecular complexity index is 878. The van der Waals surface area contributed by atoms with Gasteiger partial charge in [-0.25, -0.2) is 9.78 Å². The summed E-state index contributed by atoms with van der Waals surface area (Å²) < 4.78 is 2.11. The van der Waals surface area contributed by atoms with Gasteiger partial charge in [0.2, 0.25) is 0 Å². The summed E-state index contributed by atoms with van der Waals surface area (Å²) in [5.74, 6) is 0. The molecule has 0 aliphatic rings. The number of hydrogen-bond donors (Lipinski definition) is 2. The summed E-state index contributed by atoms with van der Waals surface area (Å²) in [6.45, 7) is 3.99. The molecule has 0 bridgehead atoms. The monoisotopic (exact) mass is 367 g/mol. The van der Waals surface area contributed by atoms with Gasteiger partial charge in [0, 0.05) is 44.3 Å². The molecule has 0 fully saturated rings. The standard InChI is InChI=1S/C20H25N5O2/c1-2-9-25-15-22-18-12-17(6-7-19(18)25)23-20(27)24(10-4-11-26)14-16-5-3-8-21-13-16/h3,5-8,12-13,15,26H,2,4,9-11,14H2,1H3,(H,23,27). The van der Waals surface area contributed by atoms with Crippen LogP contribution in [0.1, 0.15) is 25.3 Å². The Morgan fingerprint density at radius 3 is 2.96 bits per heavy atom. The minimum Gasteiger partial charge on any atom is -0.396 e. The topological polar surface area (TPSA) is 83.3 Å². The Hall–Kier alpha value is -2.93. The molecule has 27 heavy (non-hydrogen) atoms. The van der Waals surface area contributed by atoms with Crippen LogP contribution in [0, 0.1) is 0 Å². The molecule has 0 saturated carbocycles. The number of amides is 2. The summed E-state index contributed by atoms with van der Waals surface area (Å²) in [5, 5.41) is 12.1.